The monoisotopic (exact) mass is 253 g/mol. The second-order valence-corrected chi connectivity index (χ2v) is 4.52. The standard InChI is InChI=1S/C11H19N5O2/c1-7(2)4-13-8(17)5-16(3)10-9(12)11(18)15-6-14-10/h6-7H,4-5,12H2,1-3H3,(H,13,17)(H,14,15,18). The molecule has 0 aliphatic carbocycles. The van der Waals surface area contributed by atoms with E-state index in [9.17, 15) is 9.59 Å². The maximum atomic E-state index is 11.6. The molecular formula is C11H19N5O2. The lowest BCUT2D eigenvalue weighted by atomic mass is 10.2. The number of amides is 1. The number of carbonyl (C=O) groups excluding carboxylic acids is 1. The Balaban J connectivity index is 2.65. The van der Waals surface area contributed by atoms with Gasteiger partial charge in [0.2, 0.25) is 5.91 Å². The highest BCUT2D eigenvalue weighted by atomic mass is 16.2. The molecule has 1 aromatic rings. The molecule has 7 nitrogen and oxygen atoms in total. The number of nitrogens with one attached hydrogen (secondary N) is 2. The molecule has 0 saturated heterocycles. The Morgan fingerprint density at radius 2 is 2.28 bits per heavy atom. The Kier molecular flexibility index (Phi) is 4.70. The topological polar surface area (TPSA) is 104 Å². The van der Waals surface area contributed by atoms with Gasteiger partial charge in [0.05, 0.1) is 12.9 Å². The van der Waals surface area contributed by atoms with Crippen LogP contribution in [0, 0.1) is 5.92 Å². The number of anilines is 2. The zero-order valence-electron chi connectivity index (χ0n) is 10.9. The van der Waals surface area contributed by atoms with Crippen molar-refractivity contribution in [3.8, 4) is 0 Å². The molecule has 0 aliphatic heterocycles. The van der Waals surface area contributed by atoms with E-state index in [1.165, 1.54) is 6.33 Å². The molecule has 0 atom stereocenters. The van der Waals surface area contributed by atoms with E-state index in [0.717, 1.165) is 0 Å². The molecule has 100 valence electrons. The summed E-state index contributed by atoms with van der Waals surface area (Å²) in [5, 5.41) is 2.78. The summed E-state index contributed by atoms with van der Waals surface area (Å²) >= 11 is 0. The van der Waals surface area contributed by atoms with Crippen LogP contribution in [0.5, 0.6) is 0 Å². The van der Waals surface area contributed by atoms with Gasteiger partial charge in [0.25, 0.3) is 5.56 Å². The number of hydrogen-bond acceptors (Lipinski definition) is 5. The Morgan fingerprint density at radius 3 is 2.89 bits per heavy atom. The van der Waals surface area contributed by atoms with Crippen LogP contribution < -0.4 is 21.5 Å². The van der Waals surface area contributed by atoms with Gasteiger partial charge in [-0.05, 0) is 5.92 Å². The minimum Gasteiger partial charge on any atom is -0.391 e. The highest BCUT2D eigenvalue weighted by molar-refractivity contribution is 5.81. The molecule has 0 bridgehead atoms. The molecule has 0 aromatic carbocycles. The second kappa shape index (κ2) is 6.04. The quantitative estimate of drug-likeness (QED) is 0.660. The highest BCUT2D eigenvalue weighted by Crippen LogP contribution is 2.12. The van der Waals surface area contributed by atoms with E-state index in [-0.39, 0.29) is 18.1 Å². The minimum atomic E-state index is -0.408. The molecule has 18 heavy (non-hydrogen) atoms. The molecule has 1 heterocycles. The van der Waals surface area contributed by atoms with Crippen LogP contribution in [-0.4, -0.2) is 36.0 Å². The molecule has 0 fully saturated rings. The number of carbonyl (C=O) groups is 1. The van der Waals surface area contributed by atoms with Crippen LogP contribution in [0.4, 0.5) is 11.5 Å². The van der Waals surface area contributed by atoms with Crippen molar-refractivity contribution in [1.29, 1.82) is 0 Å². The summed E-state index contributed by atoms with van der Waals surface area (Å²) in [5.74, 6) is 0.563. The fourth-order valence-electron chi connectivity index (χ4n) is 1.37. The van der Waals surface area contributed by atoms with Gasteiger partial charge in [-0.3, -0.25) is 9.59 Å². The lowest BCUT2D eigenvalue weighted by molar-refractivity contribution is -0.119. The zero-order chi connectivity index (χ0) is 13.7. The Bertz CT molecular complexity index is 469. The lowest BCUT2D eigenvalue weighted by Crippen LogP contribution is -2.38. The summed E-state index contributed by atoms with van der Waals surface area (Å²) in [5.41, 5.74) is 5.20. The van der Waals surface area contributed by atoms with E-state index in [1.807, 2.05) is 13.8 Å². The molecule has 0 spiro atoms. The van der Waals surface area contributed by atoms with Crippen molar-refractivity contribution in [2.75, 3.05) is 30.8 Å². The van der Waals surface area contributed by atoms with E-state index in [2.05, 4.69) is 15.3 Å². The van der Waals surface area contributed by atoms with Crippen LogP contribution in [0.25, 0.3) is 0 Å². The van der Waals surface area contributed by atoms with Crippen molar-refractivity contribution in [3.63, 3.8) is 0 Å². The fraction of sp³-hybridized carbons (Fsp3) is 0.545. The number of nitrogen functional groups attached to an aromatic ring is 1. The number of hydrogen-bond donors (Lipinski definition) is 3. The molecule has 0 saturated carbocycles. The van der Waals surface area contributed by atoms with Gasteiger partial charge in [-0.2, -0.15) is 0 Å². The van der Waals surface area contributed by atoms with Crippen LogP contribution in [0.15, 0.2) is 11.1 Å². The van der Waals surface area contributed by atoms with Crippen LogP contribution in [0.2, 0.25) is 0 Å². The van der Waals surface area contributed by atoms with Gasteiger partial charge in [0, 0.05) is 13.6 Å². The van der Waals surface area contributed by atoms with Gasteiger partial charge < -0.3 is 20.9 Å². The number of aromatic nitrogens is 2. The Hall–Kier alpha value is -2.05. The van der Waals surface area contributed by atoms with Crippen molar-refractivity contribution in [2.45, 2.75) is 13.8 Å². The van der Waals surface area contributed by atoms with Crippen LogP contribution in [0.1, 0.15) is 13.8 Å². The van der Waals surface area contributed by atoms with Gasteiger partial charge in [0.1, 0.15) is 5.69 Å². The third-order valence-electron chi connectivity index (χ3n) is 2.32. The molecule has 1 aromatic heterocycles. The van der Waals surface area contributed by atoms with Crippen molar-refractivity contribution >= 4 is 17.4 Å². The van der Waals surface area contributed by atoms with Gasteiger partial charge >= 0.3 is 0 Å². The number of nitrogens with zero attached hydrogens (tertiary/aromatic N) is 2. The predicted octanol–water partition coefficient (Wildman–Crippen LogP) is -0.439. The van der Waals surface area contributed by atoms with Gasteiger partial charge in [-0.25, -0.2) is 4.98 Å². The number of aromatic amines is 1. The highest BCUT2D eigenvalue weighted by Gasteiger charge is 2.13. The third kappa shape index (κ3) is 3.76. The molecule has 0 radical (unpaired) electrons. The van der Waals surface area contributed by atoms with E-state index in [0.29, 0.717) is 18.3 Å². The predicted molar refractivity (Wildman–Crippen MR) is 70.4 cm³/mol. The van der Waals surface area contributed by atoms with Gasteiger partial charge in [0.15, 0.2) is 5.82 Å². The summed E-state index contributed by atoms with van der Waals surface area (Å²) in [6.45, 7) is 4.75. The molecule has 4 N–H and O–H groups in total. The first-order valence-corrected chi connectivity index (χ1v) is 5.72. The normalized spacial score (nSPS) is 10.4. The number of H-pyrrole nitrogens is 1. The lowest BCUT2D eigenvalue weighted by Gasteiger charge is -2.18. The summed E-state index contributed by atoms with van der Waals surface area (Å²) in [7, 11) is 1.66. The fourth-order valence-corrected chi connectivity index (χ4v) is 1.37. The molecule has 1 amide bonds. The summed E-state index contributed by atoms with van der Waals surface area (Å²) in [4.78, 5) is 30.8. The SMILES string of the molecule is CC(C)CNC(=O)CN(C)c1nc[nH]c(=O)c1N. The maximum Gasteiger partial charge on any atom is 0.276 e. The smallest absolute Gasteiger partial charge is 0.276 e. The van der Waals surface area contributed by atoms with E-state index < -0.39 is 5.56 Å². The van der Waals surface area contributed by atoms with E-state index in [1.54, 1.807) is 11.9 Å². The zero-order valence-corrected chi connectivity index (χ0v) is 10.9. The van der Waals surface area contributed by atoms with Gasteiger partial charge in [-0.15, -0.1) is 0 Å². The third-order valence-corrected chi connectivity index (χ3v) is 2.32. The van der Waals surface area contributed by atoms with Crippen molar-refractivity contribution in [2.24, 2.45) is 5.92 Å². The molecule has 1 rings (SSSR count). The molecular weight excluding hydrogens is 234 g/mol. The van der Waals surface area contributed by atoms with E-state index in [4.69, 9.17) is 5.73 Å². The number of rotatable bonds is 5. The molecule has 0 aliphatic rings. The molecule has 7 heteroatoms. The first-order chi connectivity index (χ1) is 8.41. The first kappa shape index (κ1) is 14.0. The van der Waals surface area contributed by atoms with Crippen molar-refractivity contribution in [1.82, 2.24) is 15.3 Å². The largest absolute Gasteiger partial charge is 0.391 e. The van der Waals surface area contributed by atoms with Crippen LogP contribution in [0.3, 0.4) is 0 Å². The average Bonchev–Trinajstić information content (AvgIpc) is 2.30. The van der Waals surface area contributed by atoms with Crippen molar-refractivity contribution < 1.29 is 4.79 Å². The number of nitrogens with two attached hydrogens (primary N) is 1. The van der Waals surface area contributed by atoms with Gasteiger partial charge in [-0.1, -0.05) is 13.8 Å². The van der Waals surface area contributed by atoms with Crippen molar-refractivity contribution in [3.05, 3.63) is 16.7 Å². The first-order valence-electron chi connectivity index (χ1n) is 5.72. The Labute approximate surface area is 105 Å². The second-order valence-electron chi connectivity index (χ2n) is 4.52. The average molecular weight is 253 g/mol. The molecule has 0 unspecified atom stereocenters. The summed E-state index contributed by atoms with van der Waals surface area (Å²) in [6.07, 6.45) is 1.26. The van der Waals surface area contributed by atoms with E-state index >= 15 is 0 Å². The summed E-state index contributed by atoms with van der Waals surface area (Å²) < 4.78 is 0. The number of likely N-dealkylation sites (N-methyl/N-ethyl adjacent to an activating group) is 1. The van der Waals surface area contributed by atoms with Crippen LogP contribution >= 0.6 is 0 Å². The summed E-state index contributed by atoms with van der Waals surface area (Å²) in [6, 6.07) is 0. The minimum absolute atomic E-state index is 0.0108. The maximum absolute atomic E-state index is 11.6. The van der Waals surface area contributed by atoms with Crippen LogP contribution in [-0.2, 0) is 4.79 Å². The Morgan fingerprint density at radius 1 is 1.61 bits per heavy atom.